The minimum Gasteiger partial charge on any atom is -0.387 e. The molecule has 2 aromatic carbocycles. The van der Waals surface area contributed by atoms with Gasteiger partial charge in [-0.3, -0.25) is 14.6 Å². The highest BCUT2D eigenvalue weighted by molar-refractivity contribution is 7.93. The highest BCUT2D eigenvalue weighted by atomic mass is 32.2. The van der Waals surface area contributed by atoms with Crippen molar-refractivity contribution in [1.82, 2.24) is 9.88 Å². The lowest BCUT2D eigenvalue weighted by molar-refractivity contribution is 0.0146. The van der Waals surface area contributed by atoms with Crippen LogP contribution in [-0.2, 0) is 14.8 Å². The molecule has 2 aliphatic heterocycles. The van der Waals surface area contributed by atoms with Crippen molar-refractivity contribution in [2.75, 3.05) is 37.6 Å². The van der Waals surface area contributed by atoms with E-state index >= 15 is 0 Å². The maximum absolute atomic E-state index is 12.8. The van der Waals surface area contributed by atoms with Gasteiger partial charge in [0.25, 0.3) is 10.0 Å². The maximum Gasteiger partial charge on any atom is 0.262 e. The topological polar surface area (TPSA) is 91.8 Å². The number of anilines is 1. The number of hydrogen-bond acceptors (Lipinski definition) is 6. The molecule has 1 saturated heterocycles. The summed E-state index contributed by atoms with van der Waals surface area (Å²) in [5.41, 5.74) is 3.10. The van der Waals surface area contributed by atoms with Gasteiger partial charge in [-0.15, -0.1) is 0 Å². The lowest BCUT2D eigenvalue weighted by Crippen LogP contribution is -2.38. The third kappa shape index (κ3) is 3.18. The van der Waals surface area contributed by atoms with Gasteiger partial charge in [0.15, 0.2) is 0 Å². The molecule has 3 heterocycles. The normalized spacial score (nSPS) is 19.2. The minimum atomic E-state index is -3.68. The van der Waals surface area contributed by atoms with E-state index in [0.29, 0.717) is 36.5 Å². The number of aliphatic hydroxyl groups is 1. The summed E-state index contributed by atoms with van der Waals surface area (Å²) in [7, 11) is -3.68. The van der Waals surface area contributed by atoms with E-state index < -0.39 is 16.1 Å². The molecule has 1 unspecified atom stereocenters. The molecule has 1 fully saturated rings. The zero-order chi connectivity index (χ0) is 20.0. The summed E-state index contributed by atoms with van der Waals surface area (Å²) in [4.78, 5) is 6.86. The predicted molar refractivity (Wildman–Crippen MR) is 110 cm³/mol. The summed E-state index contributed by atoms with van der Waals surface area (Å²) in [6.07, 6.45) is 0.908. The lowest BCUT2D eigenvalue weighted by Gasteiger charge is -2.30. The molecule has 150 valence electrons. The molecule has 2 aliphatic rings. The van der Waals surface area contributed by atoms with Gasteiger partial charge in [0.2, 0.25) is 0 Å². The number of morpholine rings is 1. The Balaban J connectivity index is 1.68. The Bertz CT molecular complexity index is 1190. The number of pyridine rings is 1. The Morgan fingerprint density at radius 2 is 1.93 bits per heavy atom. The molecular formula is C21H21N3O4S. The SMILES string of the molecule is O=S1(=O)Nc2c(cc(C(O)CN3CCOCC3)c3cccnc23)-c2ccccc21. The van der Waals surface area contributed by atoms with Crippen molar-refractivity contribution in [3.05, 3.63) is 54.2 Å². The smallest absolute Gasteiger partial charge is 0.262 e. The van der Waals surface area contributed by atoms with Crippen LogP contribution in [0.4, 0.5) is 5.69 Å². The number of sulfonamides is 1. The molecule has 3 aromatic rings. The number of nitrogens with one attached hydrogen (secondary N) is 1. The van der Waals surface area contributed by atoms with Gasteiger partial charge in [0, 0.05) is 42.3 Å². The molecule has 0 radical (unpaired) electrons. The van der Waals surface area contributed by atoms with Gasteiger partial charge in [-0.2, -0.15) is 0 Å². The van der Waals surface area contributed by atoms with E-state index in [4.69, 9.17) is 4.74 Å². The van der Waals surface area contributed by atoms with E-state index in [1.165, 1.54) is 0 Å². The molecule has 5 rings (SSSR count). The van der Waals surface area contributed by atoms with E-state index in [9.17, 15) is 13.5 Å². The Labute approximate surface area is 169 Å². The molecule has 0 aliphatic carbocycles. The molecule has 2 N–H and O–H groups in total. The summed E-state index contributed by atoms with van der Waals surface area (Å²) in [5.74, 6) is 0. The number of β-amino-alcohol motifs (C(OH)–C–C–N with tert-alkyl or cyclic N) is 1. The second kappa shape index (κ2) is 7.07. The fourth-order valence-electron chi connectivity index (χ4n) is 4.10. The van der Waals surface area contributed by atoms with Crippen LogP contribution >= 0.6 is 0 Å². The average Bonchev–Trinajstić information content (AvgIpc) is 2.74. The van der Waals surface area contributed by atoms with Crippen LogP contribution < -0.4 is 4.72 Å². The van der Waals surface area contributed by atoms with Gasteiger partial charge in [-0.05, 0) is 23.8 Å². The van der Waals surface area contributed by atoms with Crippen LogP contribution in [0.25, 0.3) is 22.0 Å². The number of benzene rings is 2. The molecule has 8 heteroatoms. The molecule has 29 heavy (non-hydrogen) atoms. The molecule has 0 bridgehead atoms. The second-order valence-electron chi connectivity index (χ2n) is 7.32. The van der Waals surface area contributed by atoms with Gasteiger partial charge in [0.1, 0.15) is 0 Å². The Morgan fingerprint density at radius 3 is 2.76 bits per heavy atom. The first-order valence-corrected chi connectivity index (χ1v) is 11.0. The minimum absolute atomic E-state index is 0.233. The standard InChI is InChI=1S/C21H21N3O4S/c25-18(13-24-8-10-28-11-9-24)16-12-17-14-4-1-2-6-19(14)29(26,27)23-21(17)20-15(16)5-3-7-22-20/h1-7,12,18,23,25H,8-11,13H2. The Hall–Kier alpha value is -2.52. The summed E-state index contributed by atoms with van der Waals surface area (Å²) in [6.45, 7) is 3.36. The number of nitrogens with zero attached hydrogens (tertiary/aromatic N) is 2. The van der Waals surface area contributed by atoms with Gasteiger partial charge in [-0.25, -0.2) is 8.42 Å². The zero-order valence-corrected chi connectivity index (χ0v) is 16.5. The van der Waals surface area contributed by atoms with Crippen molar-refractivity contribution >= 4 is 26.6 Å². The Morgan fingerprint density at radius 1 is 1.14 bits per heavy atom. The first-order chi connectivity index (χ1) is 14.0. The van der Waals surface area contributed by atoms with Crippen molar-refractivity contribution < 1.29 is 18.3 Å². The largest absolute Gasteiger partial charge is 0.387 e. The van der Waals surface area contributed by atoms with Crippen LogP contribution in [0.3, 0.4) is 0 Å². The van der Waals surface area contributed by atoms with Crippen molar-refractivity contribution in [2.45, 2.75) is 11.0 Å². The highest BCUT2D eigenvalue weighted by Gasteiger charge is 2.30. The molecule has 1 atom stereocenters. The van der Waals surface area contributed by atoms with Crippen LogP contribution in [0.15, 0.2) is 53.6 Å². The Kier molecular flexibility index (Phi) is 4.51. The van der Waals surface area contributed by atoms with E-state index in [1.807, 2.05) is 18.2 Å². The predicted octanol–water partition coefficient (Wildman–Crippen LogP) is 2.38. The first kappa shape index (κ1) is 18.5. The third-order valence-electron chi connectivity index (χ3n) is 5.52. The first-order valence-electron chi connectivity index (χ1n) is 9.56. The second-order valence-corrected chi connectivity index (χ2v) is 8.97. The van der Waals surface area contributed by atoms with Crippen molar-refractivity contribution in [3.8, 4) is 11.1 Å². The number of aliphatic hydroxyl groups excluding tert-OH is 1. The summed E-state index contributed by atoms with van der Waals surface area (Å²) in [5, 5.41) is 11.8. The van der Waals surface area contributed by atoms with E-state index in [0.717, 1.165) is 29.6 Å². The van der Waals surface area contributed by atoms with Crippen LogP contribution in [-0.4, -0.2) is 56.3 Å². The molecule has 1 aromatic heterocycles. The van der Waals surface area contributed by atoms with Crippen molar-refractivity contribution in [2.24, 2.45) is 0 Å². The number of ether oxygens (including phenoxy) is 1. The molecule has 0 amide bonds. The van der Waals surface area contributed by atoms with Gasteiger partial charge < -0.3 is 9.84 Å². The number of hydrogen-bond donors (Lipinski definition) is 2. The van der Waals surface area contributed by atoms with E-state index in [2.05, 4.69) is 14.6 Å². The molecule has 0 spiro atoms. The quantitative estimate of drug-likeness (QED) is 0.688. The highest BCUT2D eigenvalue weighted by Crippen LogP contribution is 2.44. The summed E-state index contributed by atoms with van der Waals surface area (Å²) in [6, 6.07) is 12.5. The number of fused-ring (bicyclic) bond motifs is 5. The summed E-state index contributed by atoms with van der Waals surface area (Å²) < 4.78 is 33.6. The fraction of sp³-hybridized carbons (Fsp3) is 0.286. The number of rotatable bonds is 3. The van der Waals surface area contributed by atoms with Gasteiger partial charge >= 0.3 is 0 Å². The number of aromatic nitrogens is 1. The van der Waals surface area contributed by atoms with Crippen LogP contribution in [0.1, 0.15) is 11.7 Å². The molecule has 7 nitrogen and oxygen atoms in total. The van der Waals surface area contributed by atoms with Gasteiger partial charge in [0.05, 0.1) is 35.4 Å². The van der Waals surface area contributed by atoms with Crippen molar-refractivity contribution in [3.63, 3.8) is 0 Å². The van der Waals surface area contributed by atoms with Crippen LogP contribution in [0.5, 0.6) is 0 Å². The average molecular weight is 411 g/mol. The fourth-order valence-corrected chi connectivity index (χ4v) is 5.41. The maximum atomic E-state index is 12.8. The van der Waals surface area contributed by atoms with Crippen LogP contribution in [0, 0.1) is 0 Å². The van der Waals surface area contributed by atoms with E-state index in [-0.39, 0.29) is 4.90 Å². The van der Waals surface area contributed by atoms with Crippen molar-refractivity contribution in [1.29, 1.82) is 0 Å². The monoisotopic (exact) mass is 411 g/mol. The van der Waals surface area contributed by atoms with Gasteiger partial charge in [-0.1, -0.05) is 24.3 Å². The summed E-state index contributed by atoms with van der Waals surface area (Å²) >= 11 is 0. The molecule has 0 saturated carbocycles. The van der Waals surface area contributed by atoms with E-state index in [1.54, 1.807) is 30.5 Å². The van der Waals surface area contributed by atoms with Crippen LogP contribution in [0.2, 0.25) is 0 Å². The third-order valence-corrected chi connectivity index (χ3v) is 6.93. The zero-order valence-electron chi connectivity index (χ0n) is 15.7. The molecular weight excluding hydrogens is 390 g/mol. The lowest BCUT2D eigenvalue weighted by atomic mass is 9.94.